The Labute approximate surface area is 174 Å². The van der Waals surface area contributed by atoms with Crippen LogP contribution < -0.4 is 16.4 Å². The summed E-state index contributed by atoms with van der Waals surface area (Å²) in [7, 11) is 1.72. The smallest absolute Gasteiger partial charge is 0.408 e. The van der Waals surface area contributed by atoms with Crippen LogP contribution in [0, 0.1) is 16.7 Å². The maximum Gasteiger partial charge on any atom is 0.419 e. The van der Waals surface area contributed by atoms with Gasteiger partial charge in [-0.25, -0.2) is 4.79 Å². The molecule has 30 heavy (non-hydrogen) atoms. The number of rotatable bonds is 5. The number of benzene rings is 1. The van der Waals surface area contributed by atoms with Crippen LogP contribution in [0.1, 0.15) is 37.7 Å². The summed E-state index contributed by atoms with van der Waals surface area (Å²) >= 11 is 0. The number of hydrogen-bond acceptors (Lipinski definition) is 6. The minimum atomic E-state index is -0.531. The van der Waals surface area contributed by atoms with Gasteiger partial charge in [-0.1, -0.05) is 6.07 Å². The molecule has 6 rings (SSSR count). The average Bonchev–Trinajstić information content (AvgIpc) is 2.87. The fraction of sp³-hybridized carbons (Fsp3) is 0.591. The minimum absolute atomic E-state index is 0.119. The number of nitrogens with zero attached hydrogens (tertiary/aromatic N) is 2. The van der Waals surface area contributed by atoms with Crippen LogP contribution in [0.4, 0.5) is 0 Å². The highest BCUT2D eigenvalue weighted by Crippen LogP contribution is 2.75. The third kappa shape index (κ3) is 3.04. The highest BCUT2D eigenvalue weighted by atomic mass is 16.5. The van der Waals surface area contributed by atoms with E-state index in [0.29, 0.717) is 25.2 Å². The molecule has 0 radical (unpaired) electrons. The Balaban J connectivity index is 1.22. The van der Waals surface area contributed by atoms with E-state index in [0.717, 1.165) is 37.7 Å². The highest BCUT2D eigenvalue weighted by molar-refractivity contribution is 5.81. The van der Waals surface area contributed by atoms with Crippen molar-refractivity contribution in [2.45, 2.75) is 49.7 Å². The molecular weight excluding hydrogens is 384 g/mol. The Bertz CT molecular complexity index is 1070. The predicted octanol–water partition coefficient (Wildman–Crippen LogP) is 1.33. The summed E-state index contributed by atoms with van der Waals surface area (Å²) in [6.45, 7) is 1.88. The molecule has 2 atom stereocenters. The molecule has 1 aromatic carbocycles. The summed E-state index contributed by atoms with van der Waals surface area (Å²) in [6.07, 6.45) is 4.04. The van der Waals surface area contributed by atoms with E-state index < -0.39 is 12.1 Å². The summed E-state index contributed by atoms with van der Waals surface area (Å²) in [5.74, 6) is -0.555. The number of carbonyl (C=O) groups excluding carboxylic acids is 1. The lowest BCUT2D eigenvalue weighted by atomic mass is 9.32. The van der Waals surface area contributed by atoms with Crippen LogP contribution in [0.15, 0.2) is 27.4 Å². The van der Waals surface area contributed by atoms with Crippen LogP contribution in [0.3, 0.4) is 0 Å². The normalized spacial score (nSPS) is 31.1. The van der Waals surface area contributed by atoms with E-state index in [1.54, 1.807) is 7.05 Å². The first kappa shape index (κ1) is 19.3. The number of fused-ring (bicyclic) bond motifs is 1. The number of ether oxygens (including phenoxy) is 1. The lowest BCUT2D eigenvalue weighted by Crippen LogP contribution is -2.66. The Hall–Kier alpha value is -2.63. The molecule has 3 saturated carbocycles. The maximum absolute atomic E-state index is 12.5. The van der Waals surface area contributed by atoms with E-state index >= 15 is 0 Å². The van der Waals surface area contributed by atoms with Crippen molar-refractivity contribution < 1.29 is 13.9 Å². The molecule has 1 saturated heterocycles. The molecule has 4 fully saturated rings. The van der Waals surface area contributed by atoms with Crippen LogP contribution >= 0.6 is 0 Å². The molecule has 2 aromatic rings. The Morgan fingerprint density at radius 2 is 2.23 bits per heavy atom. The van der Waals surface area contributed by atoms with Gasteiger partial charge in [0, 0.05) is 20.2 Å². The monoisotopic (exact) mass is 410 g/mol. The van der Waals surface area contributed by atoms with Crippen molar-refractivity contribution in [2.24, 2.45) is 12.5 Å². The molecule has 2 heterocycles. The fourth-order valence-corrected chi connectivity index (χ4v) is 5.69. The standard InChI is InChI=1S/C22H26N4O4/c1-26-16-7-14(3-4-17(16)30-20(26)28)22-11-21(12-22,13-22)8-15(9-23)25-19(27)18-10-24-5-2-6-29-18/h3-4,7,15,18,24H,2,5-6,8,10-13H2,1H3,(H,25,27)/t15-,18+,21?,22?/m1/s1. The second-order valence-corrected chi connectivity index (χ2v) is 9.23. The van der Waals surface area contributed by atoms with E-state index in [-0.39, 0.29) is 22.5 Å². The molecule has 2 N–H and O–H groups in total. The third-order valence-corrected chi connectivity index (χ3v) is 7.09. The van der Waals surface area contributed by atoms with Gasteiger partial charge in [-0.3, -0.25) is 9.36 Å². The Morgan fingerprint density at radius 1 is 1.43 bits per heavy atom. The topological polar surface area (TPSA) is 109 Å². The van der Waals surface area contributed by atoms with E-state index in [4.69, 9.17) is 9.15 Å². The van der Waals surface area contributed by atoms with Gasteiger partial charge in [-0.15, -0.1) is 0 Å². The molecule has 2 bridgehead atoms. The number of amides is 1. The summed E-state index contributed by atoms with van der Waals surface area (Å²) in [5, 5.41) is 15.7. The van der Waals surface area contributed by atoms with E-state index in [1.807, 2.05) is 12.1 Å². The molecule has 1 amide bonds. The molecule has 8 heteroatoms. The number of nitrogens with one attached hydrogen (secondary N) is 2. The number of carbonyl (C=O) groups is 1. The number of aromatic nitrogens is 1. The van der Waals surface area contributed by atoms with Gasteiger partial charge >= 0.3 is 5.76 Å². The van der Waals surface area contributed by atoms with Gasteiger partial charge in [0.05, 0.1) is 11.6 Å². The Kier molecular flexibility index (Phi) is 4.49. The Morgan fingerprint density at radius 3 is 3.00 bits per heavy atom. The SMILES string of the molecule is Cn1c(=O)oc2ccc(C34CC(C[C@H](C#N)NC(=O)[C@@H]5CNCCCO5)(C3)C4)cc21. The predicted molar refractivity (Wildman–Crippen MR) is 109 cm³/mol. The van der Waals surface area contributed by atoms with Gasteiger partial charge in [-0.2, -0.15) is 5.26 Å². The molecular formula is C22H26N4O4. The van der Waals surface area contributed by atoms with E-state index in [9.17, 15) is 14.9 Å². The van der Waals surface area contributed by atoms with Crippen molar-refractivity contribution >= 4 is 17.0 Å². The van der Waals surface area contributed by atoms with Crippen LogP contribution in [-0.2, 0) is 22.0 Å². The third-order valence-electron chi connectivity index (χ3n) is 7.09. The second-order valence-electron chi connectivity index (χ2n) is 9.23. The van der Waals surface area contributed by atoms with Crippen molar-refractivity contribution in [1.29, 1.82) is 5.26 Å². The first-order valence-electron chi connectivity index (χ1n) is 10.6. The zero-order chi connectivity index (χ0) is 20.9. The lowest BCUT2D eigenvalue weighted by molar-refractivity contribution is -0.151. The zero-order valence-electron chi connectivity index (χ0n) is 17.1. The minimum Gasteiger partial charge on any atom is -0.408 e. The van der Waals surface area contributed by atoms with Crippen molar-refractivity contribution in [3.8, 4) is 6.07 Å². The van der Waals surface area contributed by atoms with Crippen molar-refractivity contribution in [1.82, 2.24) is 15.2 Å². The lowest BCUT2D eigenvalue weighted by Gasteiger charge is -2.72. The van der Waals surface area contributed by atoms with E-state index in [2.05, 4.69) is 22.8 Å². The van der Waals surface area contributed by atoms with Crippen molar-refractivity contribution in [3.63, 3.8) is 0 Å². The van der Waals surface area contributed by atoms with Crippen LogP contribution in [-0.4, -0.2) is 42.3 Å². The molecule has 1 aromatic heterocycles. The van der Waals surface area contributed by atoms with Gasteiger partial charge in [0.15, 0.2) is 5.58 Å². The number of nitriles is 1. The van der Waals surface area contributed by atoms with Gasteiger partial charge in [-0.05, 0) is 67.2 Å². The summed E-state index contributed by atoms with van der Waals surface area (Å²) < 4.78 is 12.4. The van der Waals surface area contributed by atoms with Crippen LogP contribution in [0.2, 0.25) is 0 Å². The highest BCUT2D eigenvalue weighted by Gasteiger charge is 2.68. The number of hydrogen-bond donors (Lipinski definition) is 2. The molecule has 1 aliphatic heterocycles. The van der Waals surface area contributed by atoms with Gasteiger partial charge in [0.1, 0.15) is 12.1 Å². The van der Waals surface area contributed by atoms with Gasteiger partial charge in [0.25, 0.3) is 5.91 Å². The maximum atomic E-state index is 12.5. The van der Waals surface area contributed by atoms with Crippen LogP contribution in [0.5, 0.6) is 0 Å². The first-order valence-corrected chi connectivity index (χ1v) is 10.6. The molecule has 158 valence electrons. The summed E-state index contributed by atoms with van der Waals surface area (Å²) in [6, 6.07) is 7.75. The summed E-state index contributed by atoms with van der Waals surface area (Å²) in [4.78, 5) is 24.2. The van der Waals surface area contributed by atoms with Crippen molar-refractivity contribution in [2.75, 3.05) is 19.7 Å². The molecule has 8 nitrogen and oxygen atoms in total. The average molecular weight is 410 g/mol. The largest absolute Gasteiger partial charge is 0.419 e. The number of oxazole rings is 1. The zero-order valence-corrected chi connectivity index (χ0v) is 17.1. The van der Waals surface area contributed by atoms with Crippen LogP contribution in [0.25, 0.3) is 11.1 Å². The first-order chi connectivity index (χ1) is 14.4. The molecule has 3 aliphatic carbocycles. The fourth-order valence-electron chi connectivity index (χ4n) is 5.69. The quantitative estimate of drug-likeness (QED) is 0.770. The molecule has 4 aliphatic rings. The van der Waals surface area contributed by atoms with Crippen molar-refractivity contribution in [3.05, 3.63) is 34.3 Å². The molecule has 0 spiro atoms. The second kappa shape index (κ2) is 6.96. The molecule has 0 unspecified atom stereocenters. The summed E-state index contributed by atoms with van der Waals surface area (Å²) in [5.41, 5.74) is 2.89. The van der Waals surface area contributed by atoms with Gasteiger partial charge < -0.3 is 19.8 Å². The van der Waals surface area contributed by atoms with E-state index in [1.165, 1.54) is 10.1 Å². The van der Waals surface area contributed by atoms with Gasteiger partial charge in [0.2, 0.25) is 0 Å². The number of aryl methyl sites for hydroxylation is 1.